The number of benzene rings is 3. The van der Waals surface area contributed by atoms with Crippen LogP contribution in [0, 0.1) is 20.8 Å². The second-order valence-corrected chi connectivity index (χ2v) is 7.67. The number of aromatic nitrogens is 3. The van der Waals surface area contributed by atoms with Gasteiger partial charge in [-0.25, -0.2) is 9.67 Å². The maximum Gasteiger partial charge on any atom is 0.295 e. The highest BCUT2D eigenvalue weighted by molar-refractivity contribution is 6.33. The van der Waals surface area contributed by atoms with Crippen LogP contribution in [0.15, 0.2) is 66.7 Å². The number of carbonyl (C=O) groups is 1. The van der Waals surface area contributed by atoms with E-state index in [0.717, 1.165) is 27.9 Å². The number of nitrogens with zero attached hydrogens (tertiary/aromatic N) is 3. The second-order valence-electron chi connectivity index (χ2n) is 7.26. The minimum absolute atomic E-state index is 0.0754. The summed E-state index contributed by atoms with van der Waals surface area (Å²) < 4.78 is 1.73. The highest BCUT2D eigenvalue weighted by Gasteiger charge is 2.20. The van der Waals surface area contributed by atoms with Gasteiger partial charge in [0.2, 0.25) is 5.82 Å². The first-order chi connectivity index (χ1) is 14.4. The topological polar surface area (TPSA) is 59.8 Å². The van der Waals surface area contributed by atoms with Crippen LogP contribution in [0.25, 0.3) is 17.1 Å². The molecule has 1 N–H and O–H groups in total. The van der Waals surface area contributed by atoms with E-state index in [1.165, 1.54) is 0 Å². The fourth-order valence-corrected chi connectivity index (χ4v) is 3.34. The molecule has 0 saturated heterocycles. The summed E-state index contributed by atoms with van der Waals surface area (Å²) in [4.78, 5) is 17.5. The number of anilines is 1. The quantitative estimate of drug-likeness (QED) is 0.459. The Morgan fingerprint density at radius 1 is 0.933 bits per heavy atom. The van der Waals surface area contributed by atoms with Crippen LogP contribution < -0.4 is 5.32 Å². The molecule has 4 rings (SSSR count). The molecule has 0 aliphatic rings. The molecule has 0 radical (unpaired) electrons. The molecule has 4 aromatic rings. The van der Waals surface area contributed by atoms with Crippen molar-refractivity contribution in [3.8, 4) is 17.1 Å². The van der Waals surface area contributed by atoms with Crippen molar-refractivity contribution in [1.29, 1.82) is 0 Å². The normalized spacial score (nSPS) is 10.8. The number of carbonyl (C=O) groups excluding carboxylic acids is 1. The van der Waals surface area contributed by atoms with Crippen LogP contribution in [0.1, 0.15) is 27.3 Å². The Bertz CT molecular complexity index is 1230. The van der Waals surface area contributed by atoms with Crippen molar-refractivity contribution in [3.05, 3.63) is 94.3 Å². The first kappa shape index (κ1) is 19.9. The third-order valence-electron chi connectivity index (χ3n) is 4.83. The van der Waals surface area contributed by atoms with Gasteiger partial charge in [0.1, 0.15) is 0 Å². The molecular formula is C24H21ClN4O. The van der Waals surface area contributed by atoms with Gasteiger partial charge in [-0.15, -0.1) is 5.10 Å². The first-order valence-electron chi connectivity index (χ1n) is 9.60. The first-order valence-corrected chi connectivity index (χ1v) is 9.98. The third-order valence-corrected chi connectivity index (χ3v) is 5.16. The number of amides is 1. The molecule has 3 aromatic carbocycles. The Morgan fingerprint density at radius 3 is 2.37 bits per heavy atom. The predicted molar refractivity (Wildman–Crippen MR) is 120 cm³/mol. The molecule has 6 heteroatoms. The van der Waals surface area contributed by atoms with Gasteiger partial charge in [-0.1, -0.05) is 65.7 Å². The zero-order chi connectivity index (χ0) is 21.3. The molecule has 1 heterocycles. The van der Waals surface area contributed by atoms with E-state index >= 15 is 0 Å². The van der Waals surface area contributed by atoms with Crippen LogP contribution in [0.2, 0.25) is 5.02 Å². The summed E-state index contributed by atoms with van der Waals surface area (Å²) >= 11 is 6.18. The lowest BCUT2D eigenvalue weighted by Gasteiger charge is -2.10. The van der Waals surface area contributed by atoms with Crippen LogP contribution in [0.5, 0.6) is 0 Å². The monoisotopic (exact) mass is 416 g/mol. The molecule has 0 spiro atoms. The molecule has 150 valence electrons. The molecule has 1 amide bonds. The SMILES string of the molecule is Cc1ccc(-c2nc(C(=O)Nc3ccccc3Cl)nn2-c2cc(C)ccc2C)cc1. The largest absolute Gasteiger partial charge is 0.318 e. The van der Waals surface area contributed by atoms with E-state index < -0.39 is 5.91 Å². The summed E-state index contributed by atoms with van der Waals surface area (Å²) in [6.07, 6.45) is 0. The molecule has 0 aliphatic heterocycles. The second kappa shape index (κ2) is 8.13. The molecule has 0 bridgehead atoms. The van der Waals surface area contributed by atoms with E-state index in [0.29, 0.717) is 16.5 Å². The number of aryl methyl sites for hydroxylation is 3. The minimum atomic E-state index is -0.416. The molecule has 30 heavy (non-hydrogen) atoms. The standard InChI is InChI=1S/C24H21ClN4O/c1-15-9-12-18(13-10-15)23-27-22(24(30)26-20-7-5-4-6-19(20)25)28-29(23)21-14-16(2)8-11-17(21)3/h4-14H,1-3H3,(H,26,30). The van der Waals surface area contributed by atoms with Crippen molar-refractivity contribution < 1.29 is 4.79 Å². The van der Waals surface area contributed by atoms with Crippen molar-refractivity contribution in [1.82, 2.24) is 14.8 Å². The Balaban J connectivity index is 1.81. The summed E-state index contributed by atoms with van der Waals surface area (Å²) in [7, 11) is 0. The maximum atomic E-state index is 12.9. The Morgan fingerprint density at radius 2 is 1.63 bits per heavy atom. The van der Waals surface area contributed by atoms with E-state index in [4.69, 9.17) is 11.6 Å². The zero-order valence-electron chi connectivity index (χ0n) is 17.0. The van der Waals surface area contributed by atoms with Crippen LogP contribution in [-0.4, -0.2) is 20.7 Å². The van der Waals surface area contributed by atoms with Crippen molar-refractivity contribution in [3.63, 3.8) is 0 Å². The third kappa shape index (κ3) is 3.98. The lowest BCUT2D eigenvalue weighted by atomic mass is 10.1. The lowest BCUT2D eigenvalue weighted by Crippen LogP contribution is -2.14. The summed E-state index contributed by atoms with van der Waals surface area (Å²) in [5.74, 6) is 0.264. The summed E-state index contributed by atoms with van der Waals surface area (Å²) in [5.41, 5.74) is 5.57. The highest BCUT2D eigenvalue weighted by atomic mass is 35.5. The predicted octanol–water partition coefficient (Wildman–Crippen LogP) is 5.77. The van der Waals surface area contributed by atoms with Gasteiger partial charge in [0.25, 0.3) is 5.91 Å². The fraction of sp³-hybridized carbons (Fsp3) is 0.125. The van der Waals surface area contributed by atoms with Crippen LogP contribution in [0.3, 0.4) is 0 Å². The average Bonchev–Trinajstić information content (AvgIpc) is 3.17. The van der Waals surface area contributed by atoms with Gasteiger partial charge in [0, 0.05) is 5.56 Å². The van der Waals surface area contributed by atoms with Crippen LogP contribution in [0.4, 0.5) is 5.69 Å². The molecular weight excluding hydrogens is 396 g/mol. The number of hydrogen-bond acceptors (Lipinski definition) is 3. The Labute approximate surface area is 180 Å². The van der Waals surface area contributed by atoms with E-state index in [1.807, 2.05) is 63.2 Å². The van der Waals surface area contributed by atoms with Crippen molar-refractivity contribution in [2.24, 2.45) is 0 Å². The maximum absolute atomic E-state index is 12.9. The van der Waals surface area contributed by atoms with E-state index in [-0.39, 0.29) is 5.82 Å². The van der Waals surface area contributed by atoms with Gasteiger partial charge in [0.05, 0.1) is 16.4 Å². The molecule has 0 unspecified atom stereocenters. The van der Waals surface area contributed by atoms with Crippen LogP contribution in [-0.2, 0) is 0 Å². The number of nitrogens with one attached hydrogen (secondary N) is 1. The molecule has 0 atom stereocenters. The van der Waals surface area contributed by atoms with Gasteiger partial charge < -0.3 is 5.32 Å². The smallest absolute Gasteiger partial charge is 0.295 e. The van der Waals surface area contributed by atoms with Crippen molar-refractivity contribution >= 4 is 23.2 Å². The molecule has 5 nitrogen and oxygen atoms in total. The average molecular weight is 417 g/mol. The van der Waals surface area contributed by atoms with Gasteiger partial charge in [-0.3, -0.25) is 4.79 Å². The Hall–Kier alpha value is -3.44. The molecule has 0 saturated carbocycles. The molecule has 0 fully saturated rings. The summed E-state index contributed by atoms with van der Waals surface area (Å²) in [6, 6.07) is 21.2. The van der Waals surface area contributed by atoms with E-state index in [9.17, 15) is 4.79 Å². The van der Waals surface area contributed by atoms with E-state index in [1.54, 1.807) is 28.9 Å². The zero-order valence-corrected chi connectivity index (χ0v) is 17.7. The summed E-state index contributed by atoms with van der Waals surface area (Å²) in [6.45, 7) is 6.07. The van der Waals surface area contributed by atoms with Crippen LogP contribution >= 0.6 is 11.6 Å². The van der Waals surface area contributed by atoms with E-state index in [2.05, 4.69) is 15.4 Å². The van der Waals surface area contributed by atoms with Gasteiger partial charge in [0.15, 0.2) is 5.82 Å². The number of hydrogen-bond donors (Lipinski definition) is 1. The van der Waals surface area contributed by atoms with Gasteiger partial charge in [-0.2, -0.15) is 0 Å². The molecule has 1 aromatic heterocycles. The number of halogens is 1. The van der Waals surface area contributed by atoms with Crippen molar-refractivity contribution in [2.75, 3.05) is 5.32 Å². The lowest BCUT2D eigenvalue weighted by molar-refractivity contribution is 0.101. The Kier molecular flexibility index (Phi) is 5.38. The van der Waals surface area contributed by atoms with Gasteiger partial charge in [-0.05, 0) is 50.1 Å². The summed E-state index contributed by atoms with van der Waals surface area (Å²) in [5, 5.41) is 7.81. The number of rotatable bonds is 4. The number of para-hydroxylation sites is 1. The van der Waals surface area contributed by atoms with Gasteiger partial charge >= 0.3 is 0 Å². The van der Waals surface area contributed by atoms with Crippen molar-refractivity contribution in [2.45, 2.75) is 20.8 Å². The minimum Gasteiger partial charge on any atom is -0.318 e. The fourth-order valence-electron chi connectivity index (χ4n) is 3.15. The highest BCUT2D eigenvalue weighted by Crippen LogP contribution is 2.25. The molecule has 0 aliphatic carbocycles.